The van der Waals surface area contributed by atoms with Gasteiger partial charge in [0.15, 0.2) is 5.82 Å². The highest BCUT2D eigenvalue weighted by Crippen LogP contribution is 2.26. The van der Waals surface area contributed by atoms with E-state index >= 15 is 0 Å². The lowest BCUT2D eigenvalue weighted by Gasteiger charge is -2.20. The third-order valence-corrected chi connectivity index (χ3v) is 5.38. The van der Waals surface area contributed by atoms with Crippen LogP contribution in [0.3, 0.4) is 0 Å². The molecule has 1 fully saturated rings. The minimum atomic E-state index is -0.141. The van der Waals surface area contributed by atoms with Crippen LogP contribution in [-0.2, 0) is 9.59 Å². The molecule has 0 spiro atoms. The molecule has 6 nitrogen and oxygen atoms in total. The molecule has 7 heteroatoms. The van der Waals surface area contributed by atoms with Gasteiger partial charge in [0, 0.05) is 22.6 Å². The number of rotatable bonds is 6. The Balaban J connectivity index is 1.45. The first-order valence-electron chi connectivity index (χ1n) is 8.87. The number of benzene rings is 1. The van der Waals surface area contributed by atoms with Gasteiger partial charge in [-0.05, 0) is 44.0 Å². The van der Waals surface area contributed by atoms with E-state index in [0.717, 1.165) is 36.3 Å². The van der Waals surface area contributed by atoms with Crippen LogP contribution >= 0.6 is 11.8 Å². The average molecular weight is 373 g/mol. The molecule has 1 saturated carbocycles. The fraction of sp³-hybridized carbons (Fsp3) is 0.421. The minimum absolute atomic E-state index is 0.118. The standard InChI is InChI=1S/C19H23N3O3S/c1-13-11-17(22-25-13)21-18(23)12-26-16-9-7-15(8-10-16)20-19(24)14-5-3-2-4-6-14/h7-11,14H,2-6,12H2,1H3,(H,20,24)(H,21,22,23). The van der Waals surface area contributed by atoms with E-state index < -0.39 is 0 Å². The van der Waals surface area contributed by atoms with Crippen molar-refractivity contribution in [3.05, 3.63) is 36.1 Å². The Bertz CT molecular complexity index is 752. The lowest BCUT2D eigenvalue weighted by molar-refractivity contribution is -0.120. The van der Waals surface area contributed by atoms with Gasteiger partial charge in [-0.15, -0.1) is 11.8 Å². The van der Waals surface area contributed by atoms with Crippen molar-refractivity contribution in [3.63, 3.8) is 0 Å². The maximum atomic E-state index is 12.3. The molecule has 0 saturated heterocycles. The van der Waals surface area contributed by atoms with Crippen LogP contribution in [0.15, 0.2) is 39.8 Å². The predicted octanol–water partition coefficient (Wildman–Crippen LogP) is 4.23. The van der Waals surface area contributed by atoms with E-state index in [-0.39, 0.29) is 23.5 Å². The topological polar surface area (TPSA) is 84.2 Å². The number of carbonyl (C=O) groups excluding carboxylic acids is 2. The molecule has 1 aromatic heterocycles. The van der Waals surface area contributed by atoms with Crippen molar-refractivity contribution in [2.75, 3.05) is 16.4 Å². The van der Waals surface area contributed by atoms with Gasteiger partial charge in [0.25, 0.3) is 0 Å². The summed E-state index contributed by atoms with van der Waals surface area (Å²) in [6.45, 7) is 1.77. The maximum Gasteiger partial charge on any atom is 0.235 e. The molecular weight excluding hydrogens is 350 g/mol. The molecule has 26 heavy (non-hydrogen) atoms. The highest BCUT2D eigenvalue weighted by molar-refractivity contribution is 8.00. The van der Waals surface area contributed by atoms with Gasteiger partial charge in [-0.25, -0.2) is 0 Å². The molecule has 2 N–H and O–H groups in total. The van der Waals surface area contributed by atoms with E-state index in [1.165, 1.54) is 18.2 Å². The van der Waals surface area contributed by atoms with Crippen molar-refractivity contribution < 1.29 is 14.1 Å². The number of carbonyl (C=O) groups is 2. The Labute approximate surface area is 157 Å². The Hall–Kier alpha value is -2.28. The molecule has 138 valence electrons. The Morgan fingerprint density at radius 2 is 1.88 bits per heavy atom. The highest BCUT2D eigenvalue weighted by atomic mass is 32.2. The molecule has 0 unspecified atom stereocenters. The smallest absolute Gasteiger partial charge is 0.235 e. The fourth-order valence-electron chi connectivity index (χ4n) is 3.00. The largest absolute Gasteiger partial charge is 0.360 e. The van der Waals surface area contributed by atoms with Crippen LogP contribution in [-0.4, -0.2) is 22.7 Å². The summed E-state index contributed by atoms with van der Waals surface area (Å²) in [5, 5.41) is 9.41. The molecular formula is C19H23N3O3S. The zero-order valence-electron chi connectivity index (χ0n) is 14.8. The first kappa shape index (κ1) is 18.5. The van der Waals surface area contributed by atoms with Gasteiger partial charge in [0.1, 0.15) is 5.76 Å². The molecule has 1 heterocycles. The Morgan fingerprint density at radius 1 is 1.15 bits per heavy atom. The summed E-state index contributed by atoms with van der Waals surface area (Å²) in [6, 6.07) is 9.25. The lowest BCUT2D eigenvalue weighted by atomic mass is 9.88. The molecule has 1 aliphatic carbocycles. The van der Waals surface area contributed by atoms with Crippen LogP contribution in [0.5, 0.6) is 0 Å². The predicted molar refractivity (Wildman–Crippen MR) is 102 cm³/mol. The number of anilines is 2. The van der Waals surface area contributed by atoms with E-state index in [0.29, 0.717) is 11.6 Å². The number of thioether (sulfide) groups is 1. The summed E-state index contributed by atoms with van der Waals surface area (Å²) in [7, 11) is 0. The molecule has 0 atom stereocenters. The van der Waals surface area contributed by atoms with Crippen molar-refractivity contribution in [1.29, 1.82) is 0 Å². The van der Waals surface area contributed by atoms with E-state index in [1.54, 1.807) is 13.0 Å². The zero-order valence-corrected chi connectivity index (χ0v) is 15.6. The van der Waals surface area contributed by atoms with E-state index in [9.17, 15) is 9.59 Å². The molecule has 3 rings (SSSR count). The first-order chi connectivity index (χ1) is 12.6. The third-order valence-electron chi connectivity index (χ3n) is 4.36. The molecule has 1 aromatic carbocycles. The van der Waals surface area contributed by atoms with E-state index in [2.05, 4.69) is 15.8 Å². The monoisotopic (exact) mass is 373 g/mol. The summed E-state index contributed by atoms with van der Waals surface area (Å²) in [5.41, 5.74) is 0.799. The van der Waals surface area contributed by atoms with Crippen LogP contribution in [0.25, 0.3) is 0 Å². The van der Waals surface area contributed by atoms with Gasteiger partial charge < -0.3 is 15.2 Å². The SMILES string of the molecule is Cc1cc(NC(=O)CSc2ccc(NC(=O)C3CCCCC3)cc2)no1. The van der Waals surface area contributed by atoms with Crippen LogP contribution in [0.4, 0.5) is 11.5 Å². The summed E-state index contributed by atoms with van der Waals surface area (Å²) in [4.78, 5) is 25.1. The fourth-order valence-corrected chi connectivity index (χ4v) is 3.70. The summed E-state index contributed by atoms with van der Waals surface area (Å²) < 4.78 is 4.91. The molecule has 0 aliphatic heterocycles. The summed E-state index contributed by atoms with van der Waals surface area (Å²) in [6.07, 6.45) is 5.49. The number of hydrogen-bond acceptors (Lipinski definition) is 5. The van der Waals surface area contributed by atoms with Crippen molar-refractivity contribution >= 4 is 35.1 Å². The number of aromatic nitrogens is 1. The van der Waals surface area contributed by atoms with Crippen LogP contribution < -0.4 is 10.6 Å². The van der Waals surface area contributed by atoms with Crippen molar-refractivity contribution in [1.82, 2.24) is 5.16 Å². The van der Waals surface area contributed by atoms with Gasteiger partial charge in [0.05, 0.1) is 5.75 Å². The quantitative estimate of drug-likeness (QED) is 0.740. The van der Waals surface area contributed by atoms with Gasteiger partial charge in [-0.1, -0.05) is 24.4 Å². The van der Waals surface area contributed by atoms with Crippen LogP contribution in [0.1, 0.15) is 37.9 Å². The molecule has 0 radical (unpaired) electrons. The Morgan fingerprint density at radius 3 is 2.54 bits per heavy atom. The van der Waals surface area contributed by atoms with E-state index in [1.807, 2.05) is 24.3 Å². The van der Waals surface area contributed by atoms with Crippen molar-refractivity contribution in [3.8, 4) is 0 Å². The second-order valence-corrected chi connectivity index (χ2v) is 7.56. The normalized spacial score (nSPS) is 14.8. The Kier molecular flexibility index (Phi) is 6.33. The number of nitrogens with one attached hydrogen (secondary N) is 2. The molecule has 1 aliphatic rings. The number of amides is 2. The van der Waals surface area contributed by atoms with Gasteiger partial charge in [-0.2, -0.15) is 0 Å². The second kappa shape index (κ2) is 8.89. The molecule has 2 amide bonds. The van der Waals surface area contributed by atoms with Crippen molar-refractivity contribution in [2.24, 2.45) is 5.92 Å². The molecule has 2 aromatic rings. The maximum absolute atomic E-state index is 12.3. The zero-order chi connectivity index (χ0) is 18.4. The summed E-state index contributed by atoms with van der Waals surface area (Å²) >= 11 is 1.43. The van der Waals surface area contributed by atoms with Gasteiger partial charge in [0.2, 0.25) is 11.8 Å². The second-order valence-electron chi connectivity index (χ2n) is 6.51. The highest BCUT2D eigenvalue weighted by Gasteiger charge is 2.20. The number of hydrogen-bond donors (Lipinski definition) is 2. The molecule has 0 bridgehead atoms. The van der Waals surface area contributed by atoms with Gasteiger partial charge >= 0.3 is 0 Å². The van der Waals surface area contributed by atoms with Crippen molar-refractivity contribution in [2.45, 2.75) is 43.9 Å². The number of aryl methyl sites for hydroxylation is 1. The van der Waals surface area contributed by atoms with E-state index in [4.69, 9.17) is 4.52 Å². The van der Waals surface area contributed by atoms with Gasteiger partial charge in [-0.3, -0.25) is 9.59 Å². The van der Waals surface area contributed by atoms with Crippen LogP contribution in [0.2, 0.25) is 0 Å². The summed E-state index contributed by atoms with van der Waals surface area (Å²) in [5.74, 6) is 1.47. The minimum Gasteiger partial charge on any atom is -0.360 e. The number of nitrogens with zero attached hydrogens (tertiary/aromatic N) is 1. The lowest BCUT2D eigenvalue weighted by Crippen LogP contribution is -2.24. The average Bonchev–Trinajstić information content (AvgIpc) is 3.06. The van der Waals surface area contributed by atoms with Crippen LogP contribution in [0, 0.1) is 12.8 Å². The third kappa shape index (κ3) is 5.36. The first-order valence-corrected chi connectivity index (χ1v) is 9.85.